The number of amides is 2. The van der Waals surface area contributed by atoms with Gasteiger partial charge in [0, 0.05) is 18.0 Å². The van der Waals surface area contributed by atoms with Gasteiger partial charge in [-0.25, -0.2) is 9.78 Å². The normalized spacial score (nSPS) is 11.8. The van der Waals surface area contributed by atoms with Crippen molar-refractivity contribution in [3.63, 3.8) is 0 Å². The predicted molar refractivity (Wildman–Crippen MR) is 99.6 cm³/mol. The van der Waals surface area contributed by atoms with Crippen molar-refractivity contribution in [1.29, 1.82) is 0 Å². The van der Waals surface area contributed by atoms with Gasteiger partial charge in [-0.15, -0.1) is 5.10 Å². The number of hydrogen-bond acceptors (Lipinski definition) is 3. The van der Waals surface area contributed by atoms with Crippen molar-refractivity contribution >= 4 is 40.6 Å². The summed E-state index contributed by atoms with van der Waals surface area (Å²) in [7, 11) is 1.53. The smallest absolute Gasteiger partial charge is 0.319 e. The molecule has 0 aliphatic rings. The van der Waals surface area contributed by atoms with Gasteiger partial charge in [-0.1, -0.05) is 44.0 Å². The number of aromatic amines is 1. The van der Waals surface area contributed by atoms with Crippen molar-refractivity contribution < 1.29 is 4.79 Å². The van der Waals surface area contributed by atoms with Crippen LogP contribution in [-0.2, 0) is 5.41 Å². The zero-order chi connectivity index (χ0) is 18.4. The second-order valence-electron chi connectivity index (χ2n) is 6.62. The molecule has 9 heteroatoms. The lowest BCUT2D eigenvalue weighted by Crippen LogP contribution is -2.24. The molecule has 2 heterocycles. The number of H-pyrrole nitrogens is 1. The fraction of sp³-hybridized carbons (Fsp3) is 0.312. The minimum atomic E-state index is -0.359. The number of aromatic nitrogens is 4. The van der Waals surface area contributed by atoms with E-state index in [4.69, 9.17) is 23.2 Å². The molecule has 0 aliphatic heterocycles. The molecule has 0 spiro atoms. The van der Waals surface area contributed by atoms with Crippen molar-refractivity contribution in [1.82, 2.24) is 25.1 Å². The van der Waals surface area contributed by atoms with Crippen LogP contribution in [0, 0.1) is 0 Å². The Hall–Kier alpha value is -2.25. The van der Waals surface area contributed by atoms with Crippen molar-refractivity contribution in [3.8, 4) is 11.4 Å². The van der Waals surface area contributed by atoms with Crippen LogP contribution in [0.2, 0.25) is 10.0 Å². The quantitative estimate of drug-likeness (QED) is 0.625. The van der Waals surface area contributed by atoms with Gasteiger partial charge in [0.25, 0.3) is 0 Å². The van der Waals surface area contributed by atoms with Crippen molar-refractivity contribution in [2.75, 3.05) is 12.4 Å². The van der Waals surface area contributed by atoms with E-state index < -0.39 is 0 Å². The van der Waals surface area contributed by atoms with Crippen LogP contribution in [0.25, 0.3) is 17.0 Å². The average molecular weight is 381 g/mol. The number of hydrogen-bond donors (Lipinski definition) is 3. The highest BCUT2D eigenvalue weighted by Crippen LogP contribution is 2.33. The minimum absolute atomic E-state index is 0.148. The third kappa shape index (κ3) is 3.29. The summed E-state index contributed by atoms with van der Waals surface area (Å²) >= 11 is 12.6. The van der Waals surface area contributed by atoms with Gasteiger partial charge in [0.05, 0.1) is 16.4 Å². The van der Waals surface area contributed by atoms with Crippen LogP contribution in [0.1, 0.15) is 26.5 Å². The maximum absolute atomic E-state index is 11.5. The molecule has 25 heavy (non-hydrogen) atoms. The van der Waals surface area contributed by atoms with Gasteiger partial charge >= 0.3 is 6.03 Å². The maximum Gasteiger partial charge on any atom is 0.319 e. The largest absolute Gasteiger partial charge is 0.341 e. The summed E-state index contributed by atoms with van der Waals surface area (Å²) < 4.78 is 1.55. The van der Waals surface area contributed by atoms with Crippen LogP contribution in [0.15, 0.2) is 18.2 Å². The van der Waals surface area contributed by atoms with Crippen LogP contribution >= 0.6 is 23.2 Å². The molecular weight excluding hydrogens is 363 g/mol. The topological polar surface area (TPSA) is 87.1 Å². The molecule has 0 saturated carbocycles. The third-order valence-corrected chi connectivity index (χ3v) is 4.38. The number of halogens is 2. The molecule has 7 nitrogen and oxygen atoms in total. The van der Waals surface area contributed by atoms with Gasteiger partial charge < -0.3 is 10.6 Å². The Kier molecular flexibility index (Phi) is 4.38. The number of nitrogens with zero attached hydrogens (tertiary/aromatic N) is 3. The van der Waals surface area contributed by atoms with Crippen LogP contribution in [0.4, 0.5) is 10.5 Å². The van der Waals surface area contributed by atoms with E-state index in [1.807, 2.05) is 0 Å². The SMILES string of the molecule is CNC(=O)Nc1cc(-c2nc3c(Cl)c(C(C)(C)C)[nH]n3n2)ccc1Cl. The summed E-state index contributed by atoms with van der Waals surface area (Å²) in [6, 6.07) is 4.82. The Morgan fingerprint density at radius 3 is 2.60 bits per heavy atom. The van der Waals surface area contributed by atoms with E-state index in [9.17, 15) is 4.79 Å². The van der Waals surface area contributed by atoms with Crippen LogP contribution in [0.3, 0.4) is 0 Å². The molecule has 0 atom stereocenters. The molecule has 1 aromatic carbocycles. The molecule has 3 aromatic rings. The monoisotopic (exact) mass is 380 g/mol. The van der Waals surface area contributed by atoms with E-state index >= 15 is 0 Å². The molecule has 0 unspecified atom stereocenters. The second-order valence-corrected chi connectivity index (χ2v) is 7.41. The third-order valence-electron chi connectivity index (χ3n) is 3.69. The van der Waals surface area contributed by atoms with Gasteiger partial charge in [-0.2, -0.15) is 4.63 Å². The number of carbonyl (C=O) groups excluding carboxylic acids is 1. The zero-order valence-corrected chi connectivity index (χ0v) is 15.7. The van der Waals surface area contributed by atoms with Crippen LogP contribution < -0.4 is 10.6 Å². The number of rotatable bonds is 2. The van der Waals surface area contributed by atoms with Crippen molar-refractivity contribution in [2.24, 2.45) is 0 Å². The molecule has 0 aliphatic carbocycles. The molecule has 0 saturated heterocycles. The first kappa shape index (κ1) is 17.6. The molecule has 0 bridgehead atoms. The molecule has 3 N–H and O–H groups in total. The molecule has 132 valence electrons. The Morgan fingerprint density at radius 1 is 1.28 bits per heavy atom. The average Bonchev–Trinajstić information content (AvgIpc) is 3.09. The Balaban J connectivity index is 2.02. The molecule has 0 fully saturated rings. The number of benzene rings is 1. The fourth-order valence-electron chi connectivity index (χ4n) is 2.36. The van der Waals surface area contributed by atoms with Crippen molar-refractivity contribution in [2.45, 2.75) is 26.2 Å². The second kappa shape index (κ2) is 6.24. The molecule has 0 radical (unpaired) electrons. The van der Waals surface area contributed by atoms with Gasteiger partial charge in [0.2, 0.25) is 0 Å². The first-order valence-electron chi connectivity index (χ1n) is 7.64. The summed E-state index contributed by atoms with van der Waals surface area (Å²) in [5.74, 6) is 0.477. The lowest BCUT2D eigenvalue weighted by atomic mass is 9.92. The van der Waals surface area contributed by atoms with Gasteiger partial charge in [-0.3, -0.25) is 5.10 Å². The van der Waals surface area contributed by atoms with E-state index in [0.717, 1.165) is 5.69 Å². The van der Waals surface area contributed by atoms with Gasteiger partial charge in [0.1, 0.15) is 5.02 Å². The van der Waals surface area contributed by atoms with Crippen LogP contribution in [-0.4, -0.2) is 32.9 Å². The lowest BCUT2D eigenvalue weighted by molar-refractivity contribution is 0.254. The molecular formula is C16H18Cl2N6O. The highest BCUT2D eigenvalue weighted by atomic mass is 35.5. The minimum Gasteiger partial charge on any atom is -0.341 e. The fourth-order valence-corrected chi connectivity index (χ4v) is 2.98. The van der Waals surface area contributed by atoms with E-state index in [1.165, 1.54) is 7.05 Å². The predicted octanol–water partition coefficient (Wildman–Crippen LogP) is 4.08. The summed E-state index contributed by atoms with van der Waals surface area (Å²) in [6.45, 7) is 6.17. The molecule has 2 aromatic heterocycles. The number of urea groups is 1. The zero-order valence-electron chi connectivity index (χ0n) is 14.2. The van der Waals surface area contributed by atoms with Crippen molar-refractivity contribution in [3.05, 3.63) is 33.9 Å². The number of fused-ring (bicyclic) bond motifs is 1. The molecule has 3 rings (SSSR count). The Morgan fingerprint density at radius 2 is 2.00 bits per heavy atom. The number of nitrogens with one attached hydrogen (secondary N) is 3. The number of carbonyl (C=O) groups is 1. The summed E-state index contributed by atoms with van der Waals surface area (Å²) in [6.07, 6.45) is 0. The first-order chi connectivity index (χ1) is 11.7. The Bertz CT molecular complexity index is 954. The van der Waals surface area contributed by atoms with Gasteiger partial charge in [-0.05, 0) is 18.2 Å². The van der Waals surface area contributed by atoms with Crippen LogP contribution in [0.5, 0.6) is 0 Å². The highest BCUT2D eigenvalue weighted by Gasteiger charge is 2.24. The van der Waals surface area contributed by atoms with Gasteiger partial charge in [0.15, 0.2) is 11.5 Å². The Labute approximate surface area is 154 Å². The maximum atomic E-state index is 11.5. The lowest BCUT2D eigenvalue weighted by Gasteiger charge is -2.16. The standard InChI is InChI=1S/C16H18Cl2N6O/c1-16(2,3)12-11(18)14-21-13(23-24(14)22-12)8-5-6-9(17)10(7-8)20-15(25)19-4/h5-7,22H,1-4H3,(H2,19,20,25). The van der Waals surface area contributed by atoms with E-state index in [0.29, 0.717) is 32.8 Å². The highest BCUT2D eigenvalue weighted by molar-refractivity contribution is 6.34. The summed E-state index contributed by atoms with van der Waals surface area (Å²) in [5, 5.41) is 13.7. The number of anilines is 1. The van der Waals surface area contributed by atoms with E-state index in [1.54, 1.807) is 22.8 Å². The summed E-state index contributed by atoms with van der Waals surface area (Å²) in [5.41, 5.74) is 2.45. The van der Waals surface area contributed by atoms with E-state index in [2.05, 4.69) is 46.6 Å². The van der Waals surface area contributed by atoms with E-state index in [-0.39, 0.29) is 11.4 Å². The summed E-state index contributed by atoms with van der Waals surface area (Å²) in [4.78, 5) is 16.0. The first-order valence-corrected chi connectivity index (χ1v) is 8.39. The molecule has 2 amide bonds.